The molecule has 146 valence electrons. The summed E-state index contributed by atoms with van der Waals surface area (Å²) in [5, 5.41) is 0. The Morgan fingerprint density at radius 3 is 1.04 bits per heavy atom. The van der Waals surface area contributed by atoms with E-state index >= 15 is 0 Å². The number of aryl methyl sites for hydroxylation is 4. The summed E-state index contributed by atoms with van der Waals surface area (Å²) in [4.78, 5) is 0. The molecule has 28 heavy (non-hydrogen) atoms. The number of hydrogen-bond donors (Lipinski definition) is 0. The van der Waals surface area contributed by atoms with E-state index in [4.69, 9.17) is 0 Å². The monoisotopic (exact) mass is 370 g/mol. The summed E-state index contributed by atoms with van der Waals surface area (Å²) in [6.45, 7) is 8.99. The highest BCUT2D eigenvalue weighted by Gasteiger charge is 2.05. The highest BCUT2D eigenvalue weighted by atomic mass is 14.1. The summed E-state index contributed by atoms with van der Waals surface area (Å²) in [5.41, 5.74) is 11.6. The third-order valence-electron chi connectivity index (χ3n) is 5.90. The maximum Gasteiger partial charge on any atom is -0.00257 e. The molecule has 0 fully saturated rings. The minimum absolute atomic E-state index is 1.02. The average Bonchev–Trinajstić information content (AvgIpc) is 2.74. The van der Waals surface area contributed by atoms with Crippen molar-refractivity contribution in [2.24, 2.45) is 0 Å². The molecule has 0 spiro atoms. The van der Waals surface area contributed by atoms with Gasteiger partial charge in [0.25, 0.3) is 0 Å². The van der Waals surface area contributed by atoms with Gasteiger partial charge in [0.1, 0.15) is 0 Å². The Morgan fingerprint density at radius 1 is 0.393 bits per heavy atom. The van der Waals surface area contributed by atoms with Crippen LogP contribution in [0.15, 0.2) is 60.7 Å². The van der Waals surface area contributed by atoms with Crippen molar-refractivity contribution in [3.05, 3.63) is 105 Å². The zero-order chi connectivity index (χ0) is 19.9. The van der Waals surface area contributed by atoms with Gasteiger partial charge in [-0.05, 0) is 83.0 Å². The standard InChI is InChI=1S/C28H34/c1-5-25-15-13-23(19-27(25)7-3)17-21-9-11-22(12-10-21)18-24-14-16-26(6-2)28(8-4)20-24/h9-16,19-20H,5-8,17-18H2,1-4H3. The second-order valence-corrected chi connectivity index (χ2v) is 7.79. The van der Waals surface area contributed by atoms with Crippen LogP contribution in [-0.4, -0.2) is 0 Å². The first-order valence-corrected chi connectivity index (χ1v) is 11.0. The molecular formula is C28H34. The molecule has 0 saturated heterocycles. The van der Waals surface area contributed by atoms with Crippen LogP contribution < -0.4 is 0 Å². The zero-order valence-electron chi connectivity index (χ0n) is 18.0. The topological polar surface area (TPSA) is 0 Å². The number of benzene rings is 3. The van der Waals surface area contributed by atoms with Crippen LogP contribution >= 0.6 is 0 Å². The smallest absolute Gasteiger partial charge is 0.00257 e. The Kier molecular flexibility index (Phi) is 7.09. The molecule has 0 heteroatoms. The van der Waals surface area contributed by atoms with Crippen LogP contribution in [0.5, 0.6) is 0 Å². The molecule has 0 aliphatic rings. The Labute approximate surface area is 171 Å². The molecule has 0 unspecified atom stereocenters. The Balaban J connectivity index is 1.70. The van der Waals surface area contributed by atoms with Gasteiger partial charge in [0, 0.05) is 0 Å². The molecule has 0 saturated carbocycles. The first kappa shape index (κ1) is 20.4. The molecule has 0 radical (unpaired) electrons. The van der Waals surface area contributed by atoms with E-state index in [0.29, 0.717) is 0 Å². The van der Waals surface area contributed by atoms with Crippen LogP contribution in [0.4, 0.5) is 0 Å². The third-order valence-corrected chi connectivity index (χ3v) is 5.90. The van der Waals surface area contributed by atoms with Gasteiger partial charge in [-0.3, -0.25) is 0 Å². The van der Waals surface area contributed by atoms with E-state index in [0.717, 1.165) is 38.5 Å². The van der Waals surface area contributed by atoms with E-state index < -0.39 is 0 Å². The lowest BCUT2D eigenvalue weighted by Crippen LogP contribution is -1.97. The van der Waals surface area contributed by atoms with Gasteiger partial charge in [-0.1, -0.05) is 88.4 Å². The average molecular weight is 371 g/mol. The van der Waals surface area contributed by atoms with Gasteiger partial charge < -0.3 is 0 Å². The highest BCUT2D eigenvalue weighted by Crippen LogP contribution is 2.19. The van der Waals surface area contributed by atoms with Gasteiger partial charge in [-0.2, -0.15) is 0 Å². The fourth-order valence-electron chi connectivity index (χ4n) is 4.17. The predicted octanol–water partition coefficient (Wildman–Crippen LogP) is 7.12. The summed E-state index contributed by atoms with van der Waals surface area (Å²) >= 11 is 0. The molecule has 0 aromatic heterocycles. The largest absolute Gasteiger partial charge is 0.0613 e. The summed E-state index contributed by atoms with van der Waals surface area (Å²) in [7, 11) is 0. The first-order valence-electron chi connectivity index (χ1n) is 11.0. The van der Waals surface area contributed by atoms with Crippen LogP contribution in [0.2, 0.25) is 0 Å². The van der Waals surface area contributed by atoms with Crippen molar-refractivity contribution in [1.29, 1.82) is 0 Å². The predicted molar refractivity (Wildman–Crippen MR) is 122 cm³/mol. The van der Waals surface area contributed by atoms with Crippen LogP contribution in [-0.2, 0) is 38.5 Å². The summed E-state index contributed by atoms with van der Waals surface area (Å²) < 4.78 is 0. The minimum Gasteiger partial charge on any atom is -0.0613 e. The Hall–Kier alpha value is -2.34. The molecule has 3 aromatic rings. The van der Waals surface area contributed by atoms with Crippen molar-refractivity contribution < 1.29 is 0 Å². The van der Waals surface area contributed by atoms with Crippen LogP contribution in [0.1, 0.15) is 72.2 Å². The second kappa shape index (κ2) is 9.73. The number of hydrogen-bond acceptors (Lipinski definition) is 0. The second-order valence-electron chi connectivity index (χ2n) is 7.79. The normalized spacial score (nSPS) is 11.0. The van der Waals surface area contributed by atoms with Crippen molar-refractivity contribution in [2.75, 3.05) is 0 Å². The number of rotatable bonds is 8. The SMILES string of the molecule is CCc1ccc(Cc2ccc(Cc3ccc(CC)c(CC)c3)cc2)cc1CC. The van der Waals surface area contributed by atoms with Crippen molar-refractivity contribution in [2.45, 2.75) is 66.2 Å². The molecule has 3 aromatic carbocycles. The molecule has 0 amide bonds. The molecule has 0 aliphatic carbocycles. The zero-order valence-corrected chi connectivity index (χ0v) is 18.0. The van der Waals surface area contributed by atoms with Crippen molar-refractivity contribution in [3.8, 4) is 0 Å². The van der Waals surface area contributed by atoms with Crippen LogP contribution in [0, 0.1) is 0 Å². The molecular weight excluding hydrogens is 336 g/mol. The molecule has 0 nitrogen and oxygen atoms in total. The van der Waals surface area contributed by atoms with Gasteiger partial charge in [0.2, 0.25) is 0 Å². The van der Waals surface area contributed by atoms with Crippen molar-refractivity contribution >= 4 is 0 Å². The molecule has 0 atom stereocenters. The lowest BCUT2D eigenvalue weighted by molar-refractivity contribution is 1.02. The van der Waals surface area contributed by atoms with E-state index in [1.807, 2.05) is 0 Å². The molecule has 0 aliphatic heterocycles. The third kappa shape index (κ3) is 4.93. The van der Waals surface area contributed by atoms with Crippen LogP contribution in [0.3, 0.4) is 0 Å². The van der Waals surface area contributed by atoms with E-state index in [1.54, 1.807) is 0 Å². The maximum atomic E-state index is 2.40. The molecule has 0 N–H and O–H groups in total. The fraction of sp³-hybridized carbons (Fsp3) is 0.357. The van der Waals surface area contributed by atoms with Crippen molar-refractivity contribution in [3.63, 3.8) is 0 Å². The molecule has 0 heterocycles. The van der Waals surface area contributed by atoms with E-state index in [9.17, 15) is 0 Å². The van der Waals surface area contributed by atoms with Gasteiger partial charge in [0.15, 0.2) is 0 Å². The van der Waals surface area contributed by atoms with Crippen molar-refractivity contribution in [1.82, 2.24) is 0 Å². The minimum atomic E-state index is 1.02. The summed E-state index contributed by atoms with van der Waals surface area (Å²) in [6, 6.07) is 23.2. The van der Waals surface area contributed by atoms with E-state index in [-0.39, 0.29) is 0 Å². The Bertz CT molecular complexity index is 823. The van der Waals surface area contributed by atoms with E-state index in [1.165, 1.54) is 44.5 Å². The van der Waals surface area contributed by atoms with Gasteiger partial charge in [-0.25, -0.2) is 0 Å². The van der Waals surface area contributed by atoms with Gasteiger partial charge in [-0.15, -0.1) is 0 Å². The quantitative estimate of drug-likeness (QED) is 0.396. The summed E-state index contributed by atoms with van der Waals surface area (Å²) in [6.07, 6.45) is 6.51. The lowest BCUT2D eigenvalue weighted by Gasteiger charge is -2.11. The lowest BCUT2D eigenvalue weighted by atomic mass is 9.95. The fourth-order valence-corrected chi connectivity index (χ4v) is 4.17. The maximum absolute atomic E-state index is 2.40. The van der Waals surface area contributed by atoms with Crippen LogP contribution in [0.25, 0.3) is 0 Å². The highest BCUT2D eigenvalue weighted by molar-refractivity contribution is 5.38. The van der Waals surface area contributed by atoms with Gasteiger partial charge in [0.05, 0.1) is 0 Å². The molecule has 3 rings (SSSR count). The molecule has 0 bridgehead atoms. The summed E-state index contributed by atoms with van der Waals surface area (Å²) in [5.74, 6) is 0. The first-order chi connectivity index (χ1) is 13.7. The van der Waals surface area contributed by atoms with E-state index in [2.05, 4.69) is 88.4 Å². The Morgan fingerprint density at radius 2 is 0.714 bits per heavy atom. The van der Waals surface area contributed by atoms with Gasteiger partial charge >= 0.3 is 0 Å².